The fourth-order valence-corrected chi connectivity index (χ4v) is 3.66. The van der Waals surface area contributed by atoms with Gasteiger partial charge in [-0.2, -0.15) is 0 Å². The Balaban J connectivity index is 1.58. The Morgan fingerprint density at radius 2 is 1.96 bits per heavy atom. The van der Waals surface area contributed by atoms with E-state index in [1.54, 1.807) is 18.6 Å². The molecule has 0 bridgehead atoms. The number of pyridine rings is 2. The molecule has 3 aromatic heterocycles. The maximum Gasteiger partial charge on any atom is 0.222 e. The first-order valence-corrected chi connectivity index (χ1v) is 8.95. The summed E-state index contributed by atoms with van der Waals surface area (Å²) in [7, 11) is 0. The van der Waals surface area contributed by atoms with Crippen LogP contribution in [0.5, 0.6) is 0 Å². The van der Waals surface area contributed by atoms with Gasteiger partial charge in [-0.1, -0.05) is 12.8 Å². The molecule has 0 atom stereocenters. The van der Waals surface area contributed by atoms with Crippen LogP contribution < -0.4 is 5.32 Å². The molecule has 1 N–H and O–H groups in total. The second kappa shape index (κ2) is 7.05. The van der Waals surface area contributed by atoms with E-state index >= 15 is 0 Å². The zero-order valence-corrected chi connectivity index (χ0v) is 14.2. The number of rotatable bonds is 5. The van der Waals surface area contributed by atoms with E-state index in [0.29, 0.717) is 19.0 Å². The van der Waals surface area contributed by atoms with Crippen molar-refractivity contribution in [1.82, 2.24) is 19.9 Å². The first kappa shape index (κ1) is 15.8. The summed E-state index contributed by atoms with van der Waals surface area (Å²) in [5, 5.41) is 4.25. The standard InChI is InChI=1S/C20H22N4O/c25-19(23-17-5-1-2-6-17)9-13-24-18(15-7-11-21-12-8-15)14-16-4-3-10-22-20(16)24/h3-4,7-8,10-12,14,17H,1-2,5-6,9,13H2,(H,23,25). The molecule has 1 amide bonds. The smallest absolute Gasteiger partial charge is 0.222 e. The minimum atomic E-state index is 0.130. The molecular weight excluding hydrogens is 312 g/mol. The summed E-state index contributed by atoms with van der Waals surface area (Å²) < 4.78 is 2.14. The van der Waals surface area contributed by atoms with Gasteiger partial charge >= 0.3 is 0 Å². The van der Waals surface area contributed by atoms with E-state index < -0.39 is 0 Å². The largest absolute Gasteiger partial charge is 0.353 e. The first-order valence-electron chi connectivity index (χ1n) is 8.95. The predicted octanol–water partition coefficient (Wildman–Crippen LogP) is 3.55. The second-order valence-electron chi connectivity index (χ2n) is 6.63. The average Bonchev–Trinajstić information content (AvgIpc) is 3.28. The van der Waals surface area contributed by atoms with Crippen molar-refractivity contribution >= 4 is 16.9 Å². The molecule has 0 aliphatic heterocycles. The number of nitrogens with one attached hydrogen (secondary N) is 1. The number of amides is 1. The van der Waals surface area contributed by atoms with Crippen LogP contribution in [0.25, 0.3) is 22.3 Å². The minimum absolute atomic E-state index is 0.130. The molecule has 1 aliphatic carbocycles. The van der Waals surface area contributed by atoms with Gasteiger partial charge in [-0.05, 0) is 43.2 Å². The fraction of sp³-hybridized carbons (Fsp3) is 0.350. The van der Waals surface area contributed by atoms with Crippen LogP contribution in [0, 0.1) is 0 Å². The monoisotopic (exact) mass is 334 g/mol. The highest BCUT2D eigenvalue weighted by atomic mass is 16.1. The van der Waals surface area contributed by atoms with Crippen molar-refractivity contribution in [1.29, 1.82) is 0 Å². The molecule has 4 rings (SSSR count). The Kier molecular flexibility index (Phi) is 4.46. The van der Waals surface area contributed by atoms with Crippen molar-refractivity contribution in [2.75, 3.05) is 0 Å². The van der Waals surface area contributed by atoms with Crippen LogP contribution in [-0.2, 0) is 11.3 Å². The number of hydrogen-bond acceptors (Lipinski definition) is 3. The number of carbonyl (C=O) groups excluding carboxylic acids is 1. The lowest BCUT2D eigenvalue weighted by atomic mass is 10.2. The third-order valence-electron chi connectivity index (χ3n) is 4.91. The Hall–Kier alpha value is -2.69. The summed E-state index contributed by atoms with van der Waals surface area (Å²) in [5.41, 5.74) is 3.08. The van der Waals surface area contributed by atoms with Gasteiger partial charge in [-0.15, -0.1) is 0 Å². The van der Waals surface area contributed by atoms with Gasteiger partial charge < -0.3 is 9.88 Å². The van der Waals surface area contributed by atoms with E-state index in [0.717, 1.165) is 35.1 Å². The van der Waals surface area contributed by atoms with Gasteiger partial charge in [0.25, 0.3) is 0 Å². The SMILES string of the molecule is O=C(CCn1c(-c2ccncc2)cc2cccnc21)NC1CCCC1. The molecule has 0 radical (unpaired) electrons. The van der Waals surface area contributed by atoms with E-state index in [-0.39, 0.29) is 5.91 Å². The predicted molar refractivity (Wildman–Crippen MR) is 98.0 cm³/mol. The summed E-state index contributed by atoms with van der Waals surface area (Å²) in [6, 6.07) is 10.5. The van der Waals surface area contributed by atoms with Crippen molar-refractivity contribution in [2.24, 2.45) is 0 Å². The zero-order valence-electron chi connectivity index (χ0n) is 14.2. The van der Waals surface area contributed by atoms with Crippen LogP contribution >= 0.6 is 0 Å². The maximum atomic E-state index is 12.3. The van der Waals surface area contributed by atoms with E-state index in [9.17, 15) is 4.79 Å². The molecule has 0 spiro atoms. The molecule has 25 heavy (non-hydrogen) atoms. The van der Waals surface area contributed by atoms with E-state index in [1.807, 2.05) is 18.2 Å². The lowest BCUT2D eigenvalue weighted by Crippen LogP contribution is -2.33. The molecule has 1 aliphatic rings. The quantitative estimate of drug-likeness (QED) is 0.776. The summed E-state index contributed by atoms with van der Waals surface area (Å²) in [5.74, 6) is 0.130. The fourth-order valence-electron chi connectivity index (χ4n) is 3.66. The molecule has 3 aromatic rings. The Bertz CT molecular complexity index is 866. The molecule has 1 fully saturated rings. The number of aromatic nitrogens is 3. The molecule has 3 heterocycles. The van der Waals surface area contributed by atoms with Gasteiger partial charge in [0.1, 0.15) is 5.65 Å². The van der Waals surface area contributed by atoms with E-state index in [1.165, 1.54) is 12.8 Å². The molecular formula is C20H22N4O. The van der Waals surface area contributed by atoms with E-state index in [2.05, 4.69) is 32.0 Å². The van der Waals surface area contributed by atoms with Crippen LogP contribution in [0.1, 0.15) is 32.1 Å². The van der Waals surface area contributed by atoms with Gasteiger partial charge in [0.2, 0.25) is 5.91 Å². The summed E-state index contributed by atoms with van der Waals surface area (Å²) in [4.78, 5) is 20.9. The summed E-state index contributed by atoms with van der Waals surface area (Å²) in [6.45, 7) is 0.622. The van der Waals surface area contributed by atoms with Crippen molar-refractivity contribution in [3.05, 3.63) is 48.9 Å². The van der Waals surface area contributed by atoms with Crippen LogP contribution in [0.3, 0.4) is 0 Å². The lowest BCUT2D eigenvalue weighted by molar-refractivity contribution is -0.121. The van der Waals surface area contributed by atoms with Crippen molar-refractivity contribution in [3.8, 4) is 11.3 Å². The summed E-state index contributed by atoms with van der Waals surface area (Å²) >= 11 is 0. The Morgan fingerprint density at radius 3 is 2.76 bits per heavy atom. The third kappa shape index (κ3) is 3.40. The van der Waals surface area contributed by atoms with Crippen LogP contribution in [0.15, 0.2) is 48.9 Å². The van der Waals surface area contributed by atoms with Crippen LogP contribution in [0.4, 0.5) is 0 Å². The molecule has 5 nitrogen and oxygen atoms in total. The normalized spacial score (nSPS) is 14.9. The Labute approximate surface area is 147 Å². The van der Waals surface area contributed by atoms with Crippen LogP contribution in [0.2, 0.25) is 0 Å². The second-order valence-corrected chi connectivity index (χ2v) is 6.63. The third-order valence-corrected chi connectivity index (χ3v) is 4.91. The summed E-state index contributed by atoms with van der Waals surface area (Å²) in [6.07, 6.45) is 10.5. The molecule has 0 unspecified atom stereocenters. The molecule has 0 aromatic carbocycles. The first-order chi connectivity index (χ1) is 12.3. The highest BCUT2D eigenvalue weighted by Gasteiger charge is 2.18. The highest BCUT2D eigenvalue weighted by Crippen LogP contribution is 2.27. The van der Waals surface area contributed by atoms with Gasteiger partial charge in [0.15, 0.2) is 0 Å². The number of nitrogens with zero attached hydrogens (tertiary/aromatic N) is 3. The zero-order chi connectivity index (χ0) is 17.1. The van der Waals surface area contributed by atoms with Gasteiger partial charge in [-0.3, -0.25) is 9.78 Å². The topological polar surface area (TPSA) is 59.8 Å². The van der Waals surface area contributed by atoms with E-state index in [4.69, 9.17) is 0 Å². The molecule has 0 saturated heterocycles. The number of aryl methyl sites for hydroxylation is 1. The number of fused-ring (bicyclic) bond motifs is 1. The molecule has 1 saturated carbocycles. The van der Waals surface area contributed by atoms with Gasteiger partial charge in [0.05, 0.1) is 5.69 Å². The van der Waals surface area contributed by atoms with Crippen molar-refractivity contribution in [3.63, 3.8) is 0 Å². The number of hydrogen-bond donors (Lipinski definition) is 1. The van der Waals surface area contributed by atoms with Gasteiger partial charge in [0, 0.05) is 48.5 Å². The molecule has 5 heteroatoms. The Morgan fingerprint density at radius 1 is 1.16 bits per heavy atom. The van der Waals surface area contributed by atoms with Crippen molar-refractivity contribution < 1.29 is 4.79 Å². The van der Waals surface area contributed by atoms with Crippen LogP contribution in [-0.4, -0.2) is 26.5 Å². The molecule has 128 valence electrons. The maximum absolute atomic E-state index is 12.3. The van der Waals surface area contributed by atoms with Gasteiger partial charge in [-0.25, -0.2) is 4.98 Å². The average molecular weight is 334 g/mol. The number of carbonyl (C=O) groups is 1. The highest BCUT2D eigenvalue weighted by molar-refractivity contribution is 5.84. The van der Waals surface area contributed by atoms with Crippen molar-refractivity contribution in [2.45, 2.75) is 44.7 Å². The lowest BCUT2D eigenvalue weighted by Gasteiger charge is -2.14. The minimum Gasteiger partial charge on any atom is -0.353 e.